The van der Waals surface area contributed by atoms with Crippen LogP contribution in [0.25, 0.3) is 11.1 Å². The van der Waals surface area contributed by atoms with Crippen molar-refractivity contribution in [3.63, 3.8) is 0 Å². The molecule has 134 valence electrons. The van der Waals surface area contributed by atoms with E-state index in [4.69, 9.17) is 0 Å². The molecule has 0 radical (unpaired) electrons. The van der Waals surface area contributed by atoms with Gasteiger partial charge in [-0.15, -0.1) is 0 Å². The molecule has 0 fully saturated rings. The van der Waals surface area contributed by atoms with Crippen molar-refractivity contribution in [1.29, 1.82) is 0 Å². The van der Waals surface area contributed by atoms with E-state index >= 15 is 0 Å². The Morgan fingerprint density at radius 1 is 0.778 bits per heavy atom. The number of anilines is 1. The molecule has 0 atom stereocenters. The van der Waals surface area contributed by atoms with Gasteiger partial charge in [0, 0.05) is 11.6 Å². The minimum Gasteiger partial charge on any atom is -0.316 e. The van der Waals surface area contributed by atoms with E-state index in [9.17, 15) is 25.0 Å². The number of benzene rings is 3. The quantitative estimate of drug-likeness (QED) is 0.532. The molecule has 8 nitrogen and oxygen atoms in total. The topological polar surface area (TPSA) is 115 Å². The van der Waals surface area contributed by atoms with Crippen molar-refractivity contribution in [3.8, 4) is 11.1 Å². The monoisotopic (exact) mass is 363 g/mol. The van der Waals surface area contributed by atoms with Crippen LogP contribution in [0.15, 0.2) is 72.8 Å². The van der Waals surface area contributed by atoms with E-state index in [1.165, 1.54) is 0 Å². The Bertz CT molecular complexity index is 1020. The maximum Gasteiger partial charge on any atom is 0.299 e. The summed E-state index contributed by atoms with van der Waals surface area (Å²) in [5.74, 6) is -0.549. The van der Waals surface area contributed by atoms with Crippen LogP contribution in [0.5, 0.6) is 0 Å². The fourth-order valence-corrected chi connectivity index (χ4v) is 2.53. The lowest BCUT2D eigenvalue weighted by atomic mass is 10.0. The lowest BCUT2D eigenvalue weighted by molar-refractivity contribution is -0.393. The van der Waals surface area contributed by atoms with Crippen LogP contribution in [0.1, 0.15) is 10.4 Å². The number of amides is 1. The third-order valence-corrected chi connectivity index (χ3v) is 3.89. The summed E-state index contributed by atoms with van der Waals surface area (Å²) in [7, 11) is 0. The van der Waals surface area contributed by atoms with Gasteiger partial charge in [0.2, 0.25) is 0 Å². The Balaban J connectivity index is 1.83. The van der Waals surface area contributed by atoms with E-state index in [1.54, 1.807) is 24.3 Å². The van der Waals surface area contributed by atoms with E-state index in [2.05, 4.69) is 5.32 Å². The first-order chi connectivity index (χ1) is 13.0. The van der Waals surface area contributed by atoms with Crippen LogP contribution in [-0.4, -0.2) is 15.8 Å². The zero-order valence-electron chi connectivity index (χ0n) is 13.9. The first-order valence-corrected chi connectivity index (χ1v) is 7.85. The number of nitro groups is 2. The normalized spacial score (nSPS) is 10.2. The predicted octanol–water partition coefficient (Wildman–Crippen LogP) is 4.42. The number of nitrogens with zero attached hydrogens (tertiary/aromatic N) is 2. The van der Waals surface area contributed by atoms with Crippen LogP contribution in [-0.2, 0) is 0 Å². The average Bonchev–Trinajstić information content (AvgIpc) is 2.68. The van der Waals surface area contributed by atoms with Gasteiger partial charge in [0.05, 0.1) is 15.9 Å². The summed E-state index contributed by atoms with van der Waals surface area (Å²) < 4.78 is 0. The molecule has 0 saturated carbocycles. The van der Waals surface area contributed by atoms with Crippen molar-refractivity contribution in [3.05, 3.63) is 98.6 Å². The molecule has 0 aromatic heterocycles. The summed E-state index contributed by atoms with van der Waals surface area (Å²) in [5, 5.41) is 24.4. The average molecular weight is 363 g/mol. The lowest BCUT2D eigenvalue weighted by Crippen LogP contribution is -2.13. The number of non-ortho nitro benzene ring substituents is 1. The molecule has 0 spiro atoms. The third-order valence-electron chi connectivity index (χ3n) is 3.89. The Morgan fingerprint density at radius 3 is 2.00 bits per heavy atom. The van der Waals surface area contributed by atoms with Crippen LogP contribution in [0.3, 0.4) is 0 Å². The number of hydrogen-bond acceptors (Lipinski definition) is 5. The Labute approximate surface area is 153 Å². The summed E-state index contributed by atoms with van der Waals surface area (Å²) in [6, 6.07) is 19.4. The van der Waals surface area contributed by atoms with E-state index in [-0.39, 0.29) is 5.69 Å². The number of rotatable bonds is 5. The van der Waals surface area contributed by atoms with E-state index in [1.807, 2.05) is 30.3 Å². The van der Waals surface area contributed by atoms with Crippen LogP contribution in [0, 0.1) is 20.2 Å². The van der Waals surface area contributed by atoms with Gasteiger partial charge in [-0.3, -0.25) is 25.0 Å². The molecule has 1 N–H and O–H groups in total. The molecule has 0 aliphatic carbocycles. The lowest BCUT2D eigenvalue weighted by Gasteiger charge is -2.07. The minimum atomic E-state index is -0.777. The highest BCUT2D eigenvalue weighted by atomic mass is 16.6. The fourth-order valence-electron chi connectivity index (χ4n) is 2.53. The predicted molar refractivity (Wildman–Crippen MR) is 99.6 cm³/mol. The maximum atomic E-state index is 12.4. The third kappa shape index (κ3) is 3.96. The molecule has 3 rings (SSSR count). The number of nitro benzene ring substituents is 2. The van der Waals surface area contributed by atoms with E-state index < -0.39 is 27.1 Å². The molecule has 27 heavy (non-hydrogen) atoms. The fraction of sp³-hybridized carbons (Fsp3) is 0. The largest absolute Gasteiger partial charge is 0.316 e. The molecule has 0 bridgehead atoms. The molecule has 0 aliphatic heterocycles. The van der Waals surface area contributed by atoms with Crippen LogP contribution >= 0.6 is 0 Å². The molecule has 0 saturated heterocycles. The molecule has 1 amide bonds. The van der Waals surface area contributed by atoms with Crippen LogP contribution < -0.4 is 5.32 Å². The highest BCUT2D eigenvalue weighted by molar-refractivity contribution is 6.05. The number of nitrogens with one attached hydrogen (secondary N) is 1. The number of carbonyl (C=O) groups excluding carboxylic acids is 1. The van der Waals surface area contributed by atoms with Crippen molar-refractivity contribution in [2.45, 2.75) is 0 Å². The summed E-state index contributed by atoms with van der Waals surface area (Å²) in [6.45, 7) is 0. The molecule has 3 aromatic carbocycles. The SMILES string of the molecule is O=C(Nc1ccc([N+](=O)[O-])cc1[N+](=O)[O-])c1ccc(-c2ccccc2)cc1. The van der Waals surface area contributed by atoms with Crippen LogP contribution in [0.4, 0.5) is 17.1 Å². The molecular formula is C19H13N3O5. The highest BCUT2D eigenvalue weighted by Gasteiger charge is 2.21. The van der Waals surface area contributed by atoms with Gasteiger partial charge in [0.15, 0.2) is 0 Å². The van der Waals surface area contributed by atoms with Gasteiger partial charge in [-0.2, -0.15) is 0 Å². The molecule has 0 heterocycles. The van der Waals surface area contributed by atoms with Crippen molar-refractivity contribution in [2.24, 2.45) is 0 Å². The van der Waals surface area contributed by atoms with Crippen LogP contribution in [0.2, 0.25) is 0 Å². The van der Waals surface area contributed by atoms with Gasteiger partial charge in [-0.1, -0.05) is 42.5 Å². The van der Waals surface area contributed by atoms with Crippen molar-refractivity contribution < 1.29 is 14.6 Å². The molecule has 0 aliphatic rings. The zero-order chi connectivity index (χ0) is 19.4. The van der Waals surface area contributed by atoms with Crippen molar-refractivity contribution >= 4 is 23.0 Å². The van der Waals surface area contributed by atoms with Gasteiger partial charge in [0.25, 0.3) is 17.3 Å². The summed E-state index contributed by atoms with van der Waals surface area (Å²) in [6.07, 6.45) is 0. The second-order valence-corrected chi connectivity index (χ2v) is 5.61. The molecular weight excluding hydrogens is 350 g/mol. The molecule has 3 aromatic rings. The van der Waals surface area contributed by atoms with Gasteiger partial charge in [-0.25, -0.2) is 0 Å². The first-order valence-electron chi connectivity index (χ1n) is 7.85. The first kappa shape index (κ1) is 17.7. The minimum absolute atomic E-state index is 0.109. The Morgan fingerprint density at radius 2 is 1.41 bits per heavy atom. The van der Waals surface area contributed by atoms with E-state index in [0.717, 1.165) is 29.3 Å². The van der Waals surface area contributed by atoms with Crippen molar-refractivity contribution in [1.82, 2.24) is 0 Å². The number of hydrogen-bond donors (Lipinski definition) is 1. The van der Waals surface area contributed by atoms with Gasteiger partial charge in [-0.05, 0) is 29.3 Å². The summed E-state index contributed by atoms with van der Waals surface area (Å²) in [4.78, 5) is 32.8. The second kappa shape index (κ2) is 7.44. The second-order valence-electron chi connectivity index (χ2n) is 5.61. The zero-order valence-corrected chi connectivity index (χ0v) is 13.9. The van der Waals surface area contributed by atoms with Gasteiger partial charge in [0.1, 0.15) is 5.69 Å². The smallest absolute Gasteiger partial charge is 0.299 e. The highest BCUT2D eigenvalue weighted by Crippen LogP contribution is 2.29. The van der Waals surface area contributed by atoms with E-state index in [0.29, 0.717) is 5.56 Å². The van der Waals surface area contributed by atoms with Gasteiger partial charge < -0.3 is 5.32 Å². The Hall–Kier alpha value is -4.07. The standard InChI is InChI=1S/C19H13N3O5/c23-19(15-8-6-14(7-9-15)13-4-2-1-3-5-13)20-17-11-10-16(21(24)25)12-18(17)22(26)27/h1-12H,(H,20,23). The Kier molecular flexibility index (Phi) is 4.89. The number of carbonyl (C=O) groups is 1. The molecule has 0 unspecified atom stereocenters. The van der Waals surface area contributed by atoms with Gasteiger partial charge >= 0.3 is 0 Å². The van der Waals surface area contributed by atoms with Crippen molar-refractivity contribution in [2.75, 3.05) is 5.32 Å². The summed E-state index contributed by atoms with van der Waals surface area (Å²) in [5.41, 5.74) is 1.15. The maximum absolute atomic E-state index is 12.4. The summed E-state index contributed by atoms with van der Waals surface area (Å²) >= 11 is 0. The molecule has 8 heteroatoms.